The number of nitrogens with one attached hydrogen (secondary N) is 1. The summed E-state index contributed by atoms with van der Waals surface area (Å²) in [6.07, 6.45) is 6.73. The van der Waals surface area contributed by atoms with Crippen molar-refractivity contribution >= 4 is 0 Å². The third-order valence-corrected chi connectivity index (χ3v) is 1.99. The fourth-order valence-electron chi connectivity index (χ4n) is 0.953. The van der Waals surface area contributed by atoms with Gasteiger partial charge in [0.1, 0.15) is 0 Å². The van der Waals surface area contributed by atoms with E-state index in [4.69, 9.17) is 0 Å². The Bertz CT molecular complexity index is 163. The van der Waals surface area contributed by atoms with E-state index in [2.05, 4.69) is 42.9 Å². The Morgan fingerprint density at radius 3 is 2.82 bits per heavy atom. The fourth-order valence-corrected chi connectivity index (χ4v) is 0.953. The topological polar surface area (TPSA) is 15.3 Å². The van der Waals surface area contributed by atoms with Crippen LogP contribution in [-0.4, -0.2) is 24.8 Å². The summed E-state index contributed by atoms with van der Waals surface area (Å²) in [6.45, 7) is 6.84. The van der Waals surface area contributed by atoms with Crippen LogP contribution in [0.2, 0.25) is 0 Å². The van der Waals surface area contributed by atoms with Gasteiger partial charge in [0.05, 0.1) is 12.8 Å². The van der Waals surface area contributed by atoms with Crippen molar-refractivity contribution in [1.29, 1.82) is 0 Å². The summed E-state index contributed by atoms with van der Waals surface area (Å²) in [5.41, 5.74) is 0. The van der Waals surface area contributed by atoms with Crippen LogP contribution in [0.3, 0.4) is 0 Å². The molecule has 1 N–H and O–H groups in total. The molecular weight excluding hydrogens is 136 g/mol. The van der Waals surface area contributed by atoms with Crippen LogP contribution in [0.1, 0.15) is 6.92 Å². The van der Waals surface area contributed by atoms with Crippen molar-refractivity contribution in [2.45, 2.75) is 13.1 Å². The van der Waals surface area contributed by atoms with Gasteiger partial charge in [-0.05, 0) is 13.0 Å². The number of hydrogen-bond donors (Lipinski definition) is 1. The molecule has 1 rings (SSSR count). The van der Waals surface area contributed by atoms with Gasteiger partial charge in [-0.15, -0.1) is 6.58 Å². The lowest BCUT2D eigenvalue weighted by molar-refractivity contribution is 0.117. The minimum absolute atomic E-state index is 0.442. The Balaban J connectivity index is 2.28. The highest BCUT2D eigenvalue weighted by molar-refractivity contribution is 5.02. The molecule has 2 unspecified atom stereocenters. The molecule has 0 bridgehead atoms. The van der Waals surface area contributed by atoms with Crippen LogP contribution in [0.15, 0.2) is 24.8 Å². The van der Waals surface area contributed by atoms with Gasteiger partial charge in [0.15, 0.2) is 0 Å². The number of nitrogens with zero attached hydrogens (tertiary/aromatic N) is 1. The summed E-state index contributed by atoms with van der Waals surface area (Å²) in [6, 6.07) is 0. The Kier molecular flexibility index (Phi) is 2.85. The van der Waals surface area contributed by atoms with Gasteiger partial charge in [-0.2, -0.15) is 0 Å². The molecule has 0 radical (unpaired) electrons. The number of hydrogen-bond acceptors (Lipinski definition) is 2. The van der Waals surface area contributed by atoms with E-state index < -0.39 is 0 Å². The average Bonchev–Trinajstić information content (AvgIpc) is 2.01. The van der Waals surface area contributed by atoms with E-state index in [0.717, 1.165) is 6.67 Å². The summed E-state index contributed by atoms with van der Waals surface area (Å²) in [5, 5.41) is 3.28. The molecule has 2 atom stereocenters. The summed E-state index contributed by atoms with van der Waals surface area (Å²) in [5.74, 6) is 0.478. The van der Waals surface area contributed by atoms with Crippen molar-refractivity contribution in [3.8, 4) is 0 Å². The van der Waals surface area contributed by atoms with Gasteiger partial charge >= 0.3 is 0 Å². The molecule has 0 aromatic rings. The van der Waals surface area contributed by atoms with Crippen LogP contribution < -0.4 is 5.32 Å². The van der Waals surface area contributed by atoms with E-state index >= 15 is 0 Å². The zero-order valence-electron chi connectivity index (χ0n) is 7.25. The van der Waals surface area contributed by atoms with E-state index in [9.17, 15) is 0 Å². The standard InChI is InChI=1S/C9H16N2/c1-4-8(2)5-6-9-10-7-11(9)3/h4-6,8-10H,1,7H2,2-3H3/b6-5+. The predicted octanol–water partition coefficient (Wildman–Crippen LogP) is 1.18. The molecule has 1 fully saturated rings. The van der Waals surface area contributed by atoms with Crippen molar-refractivity contribution in [2.75, 3.05) is 13.7 Å². The second-order valence-corrected chi connectivity index (χ2v) is 3.04. The lowest BCUT2D eigenvalue weighted by atomic mass is 10.1. The monoisotopic (exact) mass is 152 g/mol. The van der Waals surface area contributed by atoms with E-state index in [1.807, 2.05) is 6.08 Å². The highest BCUT2D eigenvalue weighted by Gasteiger charge is 2.19. The summed E-state index contributed by atoms with van der Waals surface area (Å²) >= 11 is 0. The van der Waals surface area contributed by atoms with Gasteiger partial charge in [0, 0.05) is 0 Å². The van der Waals surface area contributed by atoms with Crippen molar-refractivity contribution in [3.63, 3.8) is 0 Å². The van der Waals surface area contributed by atoms with Crippen molar-refractivity contribution in [2.24, 2.45) is 5.92 Å². The van der Waals surface area contributed by atoms with E-state index in [1.54, 1.807) is 0 Å². The van der Waals surface area contributed by atoms with Gasteiger partial charge in [-0.1, -0.05) is 25.2 Å². The third-order valence-electron chi connectivity index (χ3n) is 1.99. The first kappa shape index (κ1) is 8.50. The molecule has 1 saturated heterocycles. The predicted molar refractivity (Wildman–Crippen MR) is 48.1 cm³/mol. The smallest absolute Gasteiger partial charge is 0.0807 e. The highest BCUT2D eigenvalue weighted by atomic mass is 15.4. The first-order valence-electron chi connectivity index (χ1n) is 3.98. The average molecular weight is 152 g/mol. The van der Waals surface area contributed by atoms with E-state index in [0.29, 0.717) is 12.1 Å². The van der Waals surface area contributed by atoms with E-state index in [1.165, 1.54) is 0 Å². The Morgan fingerprint density at radius 1 is 1.73 bits per heavy atom. The van der Waals surface area contributed by atoms with Gasteiger partial charge in [0.25, 0.3) is 0 Å². The molecule has 0 aromatic heterocycles. The number of rotatable bonds is 3. The van der Waals surface area contributed by atoms with Crippen LogP contribution >= 0.6 is 0 Å². The SMILES string of the molecule is C=CC(C)/C=C/C1NCN1C. The highest BCUT2D eigenvalue weighted by Crippen LogP contribution is 2.05. The lowest BCUT2D eigenvalue weighted by Gasteiger charge is -2.37. The second-order valence-electron chi connectivity index (χ2n) is 3.04. The summed E-state index contributed by atoms with van der Waals surface area (Å²) < 4.78 is 0. The third kappa shape index (κ3) is 2.17. The normalized spacial score (nSPS) is 28.4. The minimum atomic E-state index is 0.442. The zero-order valence-corrected chi connectivity index (χ0v) is 7.25. The van der Waals surface area contributed by atoms with E-state index in [-0.39, 0.29) is 0 Å². The molecule has 0 amide bonds. The molecule has 1 aliphatic heterocycles. The van der Waals surface area contributed by atoms with Gasteiger partial charge in [0.2, 0.25) is 0 Å². The molecule has 1 heterocycles. The van der Waals surface area contributed by atoms with Crippen LogP contribution in [0.4, 0.5) is 0 Å². The molecule has 2 heteroatoms. The van der Waals surface area contributed by atoms with Crippen LogP contribution in [0.5, 0.6) is 0 Å². The lowest BCUT2D eigenvalue weighted by Crippen LogP contribution is -2.58. The zero-order chi connectivity index (χ0) is 8.27. The number of likely N-dealkylation sites (N-methyl/N-ethyl adjacent to an activating group) is 1. The quantitative estimate of drug-likeness (QED) is 0.611. The molecule has 62 valence electrons. The first-order chi connectivity index (χ1) is 5.24. The molecule has 1 aliphatic rings. The van der Waals surface area contributed by atoms with Gasteiger partial charge in [-0.25, -0.2) is 0 Å². The van der Waals surface area contributed by atoms with Gasteiger partial charge < -0.3 is 0 Å². The first-order valence-corrected chi connectivity index (χ1v) is 3.98. The van der Waals surface area contributed by atoms with Crippen LogP contribution in [-0.2, 0) is 0 Å². The van der Waals surface area contributed by atoms with Crippen LogP contribution in [0, 0.1) is 5.92 Å². The summed E-state index contributed by atoms with van der Waals surface area (Å²) in [4.78, 5) is 2.24. The maximum absolute atomic E-state index is 3.72. The molecule has 2 nitrogen and oxygen atoms in total. The minimum Gasteiger partial charge on any atom is -0.285 e. The van der Waals surface area contributed by atoms with Crippen molar-refractivity contribution in [1.82, 2.24) is 10.2 Å². The second kappa shape index (κ2) is 3.69. The molecule has 0 aliphatic carbocycles. The Hall–Kier alpha value is -0.600. The molecule has 11 heavy (non-hydrogen) atoms. The Morgan fingerprint density at radius 2 is 2.45 bits per heavy atom. The summed E-state index contributed by atoms with van der Waals surface area (Å²) in [7, 11) is 2.10. The van der Waals surface area contributed by atoms with Crippen molar-refractivity contribution < 1.29 is 0 Å². The maximum Gasteiger partial charge on any atom is 0.0807 e. The molecule has 0 saturated carbocycles. The number of allylic oxidation sites excluding steroid dienone is 2. The van der Waals surface area contributed by atoms with Gasteiger partial charge in [-0.3, -0.25) is 10.2 Å². The molecular formula is C9H16N2. The molecule has 0 spiro atoms. The Labute approximate surface area is 68.6 Å². The van der Waals surface area contributed by atoms with Crippen molar-refractivity contribution in [3.05, 3.63) is 24.8 Å². The largest absolute Gasteiger partial charge is 0.285 e. The van der Waals surface area contributed by atoms with Crippen LogP contribution in [0.25, 0.3) is 0 Å². The fraction of sp³-hybridized carbons (Fsp3) is 0.556. The maximum atomic E-state index is 3.72. The molecule has 0 aromatic carbocycles.